The van der Waals surface area contributed by atoms with E-state index in [0.717, 1.165) is 0 Å². The average molecular weight is 168 g/mol. The zero-order chi connectivity index (χ0) is 9.03. The molecule has 0 aromatic carbocycles. The van der Waals surface area contributed by atoms with E-state index in [1.807, 2.05) is 6.34 Å². The van der Waals surface area contributed by atoms with E-state index >= 15 is 0 Å². The van der Waals surface area contributed by atoms with Crippen LogP contribution in [-0.2, 0) is 0 Å². The highest BCUT2D eigenvalue weighted by atomic mass is 15.2. The number of hydrogen-bond donors (Lipinski definition) is 0. The number of likely N-dealkylation sites (tertiary alicyclic amines) is 1. The highest BCUT2D eigenvalue weighted by Gasteiger charge is 2.09. The van der Waals surface area contributed by atoms with E-state index in [0.29, 0.717) is 0 Å². The van der Waals surface area contributed by atoms with Crippen LogP contribution in [0, 0.1) is 0 Å². The Morgan fingerprint density at radius 3 is 2.17 bits per heavy atom. The molecule has 0 aromatic rings. The van der Waals surface area contributed by atoms with Crippen molar-refractivity contribution in [3.8, 4) is 0 Å². The van der Waals surface area contributed by atoms with Crippen molar-refractivity contribution in [2.75, 3.05) is 13.1 Å². The third-order valence-electron chi connectivity index (χ3n) is 2.00. The lowest BCUT2D eigenvalue weighted by molar-refractivity contribution is 0.347. The Kier molecular flexibility index (Phi) is 3.12. The monoisotopic (exact) mass is 168 g/mol. The third kappa shape index (κ3) is 3.74. The van der Waals surface area contributed by atoms with Crippen LogP contribution in [0.5, 0.6) is 0 Å². The quantitative estimate of drug-likeness (QED) is 0.433. The minimum atomic E-state index is 0.0808. The van der Waals surface area contributed by atoms with Crippen LogP contribution in [0.1, 0.15) is 40.0 Å². The normalized spacial score (nSPS) is 20.4. The maximum absolute atomic E-state index is 4.48. The Hall–Kier alpha value is -0.530. The molecule has 1 fully saturated rings. The molecule has 1 saturated heterocycles. The van der Waals surface area contributed by atoms with Crippen LogP contribution in [-0.4, -0.2) is 29.9 Å². The molecule has 0 radical (unpaired) electrons. The van der Waals surface area contributed by atoms with Crippen molar-refractivity contribution in [1.29, 1.82) is 0 Å². The Bertz CT molecular complexity index is 150. The van der Waals surface area contributed by atoms with Gasteiger partial charge < -0.3 is 4.90 Å². The molecule has 0 N–H and O–H groups in total. The fourth-order valence-electron chi connectivity index (χ4n) is 1.29. The summed E-state index contributed by atoms with van der Waals surface area (Å²) in [5.74, 6) is 0. The van der Waals surface area contributed by atoms with Gasteiger partial charge in [0.2, 0.25) is 0 Å². The summed E-state index contributed by atoms with van der Waals surface area (Å²) in [5, 5.41) is 0. The van der Waals surface area contributed by atoms with Crippen LogP contribution < -0.4 is 0 Å². The molecule has 12 heavy (non-hydrogen) atoms. The number of nitrogens with zero attached hydrogens (tertiary/aromatic N) is 2. The lowest BCUT2D eigenvalue weighted by atomic mass is 10.1. The average Bonchev–Trinajstić information content (AvgIpc) is 2.02. The standard InChI is InChI=1S/C10H20N2/c1-10(2,3)11-9-12-7-5-4-6-8-12/h9H,4-8H2,1-3H3. The molecule has 2 heteroatoms. The fraction of sp³-hybridized carbons (Fsp3) is 0.900. The molecule has 1 rings (SSSR count). The summed E-state index contributed by atoms with van der Waals surface area (Å²) in [4.78, 5) is 6.81. The van der Waals surface area contributed by atoms with Crippen molar-refractivity contribution < 1.29 is 0 Å². The molecule has 70 valence electrons. The first kappa shape index (κ1) is 9.56. The van der Waals surface area contributed by atoms with Gasteiger partial charge in [0.1, 0.15) is 0 Å². The van der Waals surface area contributed by atoms with E-state index in [1.165, 1.54) is 32.4 Å². The summed E-state index contributed by atoms with van der Waals surface area (Å²) >= 11 is 0. The highest BCUT2D eigenvalue weighted by molar-refractivity contribution is 5.55. The summed E-state index contributed by atoms with van der Waals surface area (Å²) < 4.78 is 0. The second-order valence-corrected chi connectivity index (χ2v) is 4.51. The minimum Gasteiger partial charge on any atom is -0.363 e. The van der Waals surface area contributed by atoms with E-state index in [9.17, 15) is 0 Å². The predicted octanol–water partition coefficient (Wildman–Crippen LogP) is 2.30. The molecule has 0 atom stereocenters. The van der Waals surface area contributed by atoms with Crippen LogP contribution in [0.25, 0.3) is 0 Å². The van der Waals surface area contributed by atoms with E-state index < -0.39 is 0 Å². The topological polar surface area (TPSA) is 15.6 Å². The van der Waals surface area contributed by atoms with Crippen LogP contribution in [0.4, 0.5) is 0 Å². The third-order valence-corrected chi connectivity index (χ3v) is 2.00. The van der Waals surface area contributed by atoms with Gasteiger partial charge in [0.25, 0.3) is 0 Å². The number of piperidine rings is 1. The van der Waals surface area contributed by atoms with Gasteiger partial charge in [0.05, 0.1) is 11.9 Å². The maximum Gasteiger partial charge on any atom is 0.0856 e. The number of aliphatic imine (C=N–C) groups is 1. The van der Waals surface area contributed by atoms with Gasteiger partial charge in [-0.2, -0.15) is 0 Å². The lowest BCUT2D eigenvalue weighted by Crippen LogP contribution is -2.29. The van der Waals surface area contributed by atoms with Crippen molar-refractivity contribution in [2.24, 2.45) is 4.99 Å². The van der Waals surface area contributed by atoms with Gasteiger partial charge in [-0.15, -0.1) is 0 Å². The van der Waals surface area contributed by atoms with Crippen molar-refractivity contribution in [1.82, 2.24) is 4.90 Å². The van der Waals surface area contributed by atoms with Crippen LogP contribution >= 0.6 is 0 Å². The van der Waals surface area contributed by atoms with Crippen LogP contribution in [0.2, 0.25) is 0 Å². The Morgan fingerprint density at radius 2 is 1.67 bits per heavy atom. The van der Waals surface area contributed by atoms with Crippen molar-refractivity contribution in [3.05, 3.63) is 0 Å². The zero-order valence-corrected chi connectivity index (χ0v) is 8.51. The Morgan fingerprint density at radius 1 is 1.08 bits per heavy atom. The van der Waals surface area contributed by atoms with Gasteiger partial charge >= 0.3 is 0 Å². The maximum atomic E-state index is 4.48. The van der Waals surface area contributed by atoms with Crippen LogP contribution in [0.15, 0.2) is 4.99 Å². The van der Waals surface area contributed by atoms with Crippen molar-refractivity contribution in [2.45, 2.75) is 45.6 Å². The van der Waals surface area contributed by atoms with E-state index in [4.69, 9.17) is 0 Å². The van der Waals surface area contributed by atoms with E-state index in [-0.39, 0.29) is 5.54 Å². The van der Waals surface area contributed by atoms with Gasteiger partial charge in [-0.05, 0) is 40.0 Å². The predicted molar refractivity (Wildman–Crippen MR) is 53.7 cm³/mol. The first-order valence-corrected chi connectivity index (χ1v) is 4.87. The molecule has 1 aliphatic heterocycles. The van der Waals surface area contributed by atoms with Crippen LogP contribution in [0.3, 0.4) is 0 Å². The van der Waals surface area contributed by atoms with E-state index in [1.54, 1.807) is 0 Å². The second-order valence-electron chi connectivity index (χ2n) is 4.51. The second kappa shape index (κ2) is 3.92. The largest absolute Gasteiger partial charge is 0.363 e. The highest BCUT2D eigenvalue weighted by Crippen LogP contribution is 2.09. The first-order valence-electron chi connectivity index (χ1n) is 4.87. The Labute approximate surface area is 75.7 Å². The van der Waals surface area contributed by atoms with Gasteiger partial charge in [0.15, 0.2) is 0 Å². The van der Waals surface area contributed by atoms with E-state index in [2.05, 4.69) is 30.7 Å². The summed E-state index contributed by atoms with van der Waals surface area (Å²) in [6, 6.07) is 0. The molecule has 0 aliphatic carbocycles. The lowest BCUT2D eigenvalue weighted by Gasteiger charge is -2.25. The van der Waals surface area contributed by atoms with Gasteiger partial charge in [-0.3, -0.25) is 4.99 Å². The molecule has 0 amide bonds. The molecule has 2 nitrogen and oxygen atoms in total. The van der Waals surface area contributed by atoms with Crippen molar-refractivity contribution >= 4 is 6.34 Å². The molecule has 0 bridgehead atoms. The Balaban J connectivity index is 2.33. The number of hydrogen-bond acceptors (Lipinski definition) is 1. The number of rotatable bonds is 1. The first-order chi connectivity index (χ1) is 5.58. The molecule has 0 unspecified atom stereocenters. The summed E-state index contributed by atoms with van der Waals surface area (Å²) in [6.45, 7) is 8.79. The molecule has 1 aliphatic rings. The molecular formula is C10H20N2. The zero-order valence-electron chi connectivity index (χ0n) is 8.51. The summed E-state index contributed by atoms with van der Waals surface area (Å²) in [6.07, 6.45) is 6.07. The summed E-state index contributed by atoms with van der Waals surface area (Å²) in [7, 11) is 0. The van der Waals surface area contributed by atoms with Gasteiger partial charge in [-0.1, -0.05) is 0 Å². The molecule has 0 saturated carbocycles. The fourth-order valence-corrected chi connectivity index (χ4v) is 1.29. The molecule has 0 spiro atoms. The van der Waals surface area contributed by atoms with Gasteiger partial charge in [0, 0.05) is 13.1 Å². The smallest absolute Gasteiger partial charge is 0.0856 e. The van der Waals surface area contributed by atoms with Crippen molar-refractivity contribution in [3.63, 3.8) is 0 Å². The minimum absolute atomic E-state index is 0.0808. The SMILES string of the molecule is CC(C)(C)N=CN1CCCCC1. The molecular weight excluding hydrogens is 148 g/mol. The van der Waals surface area contributed by atoms with Gasteiger partial charge in [-0.25, -0.2) is 0 Å². The summed E-state index contributed by atoms with van der Waals surface area (Å²) in [5.41, 5.74) is 0.0808. The molecule has 1 heterocycles. The molecule has 0 aromatic heterocycles.